The van der Waals surface area contributed by atoms with E-state index in [9.17, 15) is 19.8 Å². The molecule has 0 saturated heterocycles. The summed E-state index contributed by atoms with van der Waals surface area (Å²) in [7, 11) is 1.32. The van der Waals surface area contributed by atoms with Crippen LogP contribution >= 0.6 is 0 Å². The summed E-state index contributed by atoms with van der Waals surface area (Å²) in [5.41, 5.74) is 9.57. The number of methoxy groups -OCH3 is 1. The molecular weight excluding hydrogens is 644 g/mol. The number of aliphatic hydroxyl groups excluding tert-OH is 2. The number of rotatable bonds is 8. The van der Waals surface area contributed by atoms with Gasteiger partial charge in [-0.1, -0.05) is 33.3 Å². The van der Waals surface area contributed by atoms with Crippen LogP contribution in [0.5, 0.6) is 0 Å². The van der Waals surface area contributed by atoms with Crippen molar-refractivity contribution in [3.63, 3.8) is 0 Å². The molecule has 5 heterocycles. The first kappa shape index (κ1) is 35.9. The van der Waals surface area contributed by atoms with Crippen molar-refractivity contribution >= 4 is 45.5 Å². The summed E-state index contributed by atoms with van der Waals surface area (Å²) >= 11 is 0. The fraction of sp³-hybridized carbons (Fsp3) is 0.463. The number of aromatic amines is 2. The molecule has 2 aliphatic heterocycles. The number of aromatic nitrogens is 4. The van der Waals surface area contributed by atoms with Crippen LogP contribution in [0.25, 0.3) is 33.6 Å². The lowest BCUT2D eigenvalue weighted by Gasteiger charge is -2.19. The summed E-state index contributed by atoms with van der Waals surface area (Å²) in [5.74, 6) is -2.02. The summed E-state index contributed by atoms with van der Waals surface area (Å²) in [6, 6.07) is 6.08. The molecule has 10 heteroatoms. The first-order chi connectivity index (χ1) is 24.3. The van der Waals surface area contributed by atoms with Crippen molar-refractivity contribution in [2.75, 3.05) is 13.7 Å². The lowest BCUT2D eigenvalue weighted by Crippen LogP contribution is -2.18. The van der Waals surface area contributed by atoms with Gasteiger partial charge in [0.05, 0.1) is 29.6 Å². The van der Waals surface area contributed by atoms with Crippen LogP contribution in [-0.4, -0.2) is 55.8 Å². The Kier molecular flexibility index (Phi) is 9.90. The number of allylic oxidation sites excluding steroid dienone is 1. The van der Waals surface area contributed by atoms with Gasteiger partial charge in [-0.25, -0.2) is 0 Å². The third-order valence-corrected chi connectivity index (χ3v) is 11.4. The van der Waals surface area contributed by atoms with Crippen molar-refractivity contribution in [3.05, 3.63) is 79.8 Å². The molecule has 0 saturated carbocycles. The number of aryl methyl sites for hydroxylation is 2. The molecule has 8 bridgehead atoms. The van der Waals surface area contributed by atoms with Gasteiger partial charge in [0, 0.05) is 74.2 Å². The van der Waals surface area contributed by atoms with E-state index in [-0.39, 0.29) is 54.2 Å². The molecule has 51 heavy (non-hydrogen) atoms. The number of nitrogens with zero attached hydrogens (tertiary/aromatic N) is 2. The van der Waals surface area contributed by atoms with E-state index < -0.39 is 11.9 Å². The van der Waals surface area contributed by atoms with E-state index in [4.69, 9.17) is 19.4 Å². The molecule has 3 aliphatic rings. The average molecular weight is 695 g/mol. The normalized spacial score (nSPS) is 21.9. The summed E-state index contributed by atoms with van der Waals surface area (Å²) < 4.78 is 10.8. The molecule has 3 aromatic heterocycles. The van der Waals surface area contributed by atoms with Gasteiger partial charge < -0.3 is 29.7 Å². The van der Waals surface area contributed by atoms with Crippen LogP contribution in [0.2, 0.25) is 0 Å². The highest BCUT2D eigenvalue weighted by Gasteiger charge is 2.41. The topological polar surface area (TPSA) is 150 Å². The van der Waals surface area contributed by atoms with Crippen molar-refractivity contribution in [1.82, 2.24) is 19.9 Å². The molecule has 6 rings (SSSR count). The van der Waals surface area contributed by atoms with E-state index in [1.54, 1.807) is 6.92 Å². The third-order valence-electron chi connectivity index (χ3n) is 11.4. The van der Waals surface area contributed by atoms with Gasteiger partial charge in [-0.05, 0) is 82.4 Å². The molecule has 4 N–H and O–H groups in total. The quantitative estimate of drug-likeness (QED) is 0.141. The van der Waals surface area contributed by atoms with Crippen molar-refractivity contribution in [2.45, 2.75) is 111 Å². The molecule has 1 aliphatic carbocycles. The molecule has 0 aromatic carbocycles. The van der Waals surface area contributed by atoms with Crippen molar-refractivity contribution < 1.29 is 29.3 Å². The van der Waals surface area contributed by atoms with Crippen LogP contribution in [0.1, 0.15) is 136 Å². The van der Waals surface area contributed by atoms with E-state index in [2.05, 4.69) is 37.7 Å². The van der Waals surface area contributed by atoms with Gasteiger partial charge in [0.1, 0.15) is 18.3 Å². The van der Waals surface area contributed by atoms with Gasteiger partial charge in [0.15, 0.2) is 0 Å². The Labute approximate surface area is 298 Å². The molecule has 0 spiro atoms. The van der Waals surface area contributed by atoms with Gasteiger partial charge in [-0.15, -0.1) is 0 Å². The van der Waals surface area contributed by atoms with Crippen LogP contribution in [0.4, 0.5) is 0 Å². The molecule has 10 nitrogen and oxygen atoms in total. The average Bonchev–Trinajstić information content (AvgIpc) is 3.84. The van der Waals surface area contributed by atoms with Crippen molar-refractivity contribution in [2.24, 2.45) is 0 Å². The van der Waals surface area contributed by atoms with E-state index in [1.165, 1.54) is 7.11 Å². The minimum Gasteiger partial charge on any atom is -0.512 e. The van der Waals surface area contributed by atoms with Crippen molar-refractivity contribution in [1.29, 1.82) is 0 Å². The number of H-pyrrole nitrogens is 2. The number of carbonyl (C=O) groups excluding carboxylic acids is 2. The lowest BCUT2D eigenvalue weighted by atomic mass is 9.84. The summed E-state index contributed by atoms with van der Waals surface area (Å²) in [5, 5.41) is 24.0. The number of aliphatic hydroxyl groups is 2. The van der Waals surface area contributed by atoms with Gasteiger partial charge in [-0.2, -0.15) is 0 Å². The Morgan fingerprint density at radius 1 is 0.922 bits per heavy atom. The van der Waals surface area contributed by atoms with Crippen LogP contribution in [0.3, 0.4) is 0 Å². The van der Waals surface area contributed by atoms with Crippen LogP contribution in [0.15, 0.2) is 29.8 Å². The maximum Gasteiger partial charge on any atom is 0.321 e. The first-order valence-electron chi connectivity index (χ1n) is 18.1. The number of hydrogen-bond donors (Lipinski definition) is 4. The van der Waals surface area contributed by atoms with E-state index in [1.807, 2.05) is 45.0 Å². The minimum atomic E-state index is -1.08. The summed E-state index contributed by atoms with van der Waals surface area (Å²) in [4.78, 5) is 43.9. The fourth-order valence-electron chi connectivity index (χ4n) is 8.13. The van der Waals surface area contributed by atoms with E-state index in [0.717, 1.165) is 68.4 Å². The number of esters is 2. The van der Waals surface area contributed by atoms with Gasteiger partial charge in [0.2, 0.25) is 0 Å². The molecule has 5 atom stereocenters. The predicted molar refractivity (Wildman–Crippen MR) is 199 cm³/mol. The first-order valence-corrected chi connectivity index (χ1v) is 18.1. The number of ether oxygens (including phenoxy) is 2. The fourth-order valence-corrected chi connectivity index (χ4v) is 8.13. The predicted octanol–water partition coefficient (Wildman–Crippen LogP) is 7.42. The smallest absolute Gasteiger partial charge is 0.321 e. The summed E-state index contributed by atoms with van der Waals surface area (Å²) in [6.07, 6.45) is 4.25. The molecule has 0 fully saturated rings. The molecule has 0 amide bonds. The van der Waals surface area contributed by atoms with Gasteiger partial charge in [-0.3, -0.25) is 19.6 Å². The number of carbonyl (C=O) groups is 2. The highest BCUT2D eigenvalue weighted by molar-refractivity contribution is 5.96. The maximum atomic E-state index is 13.5. The van der Waals surface area contributed by atoms with Crippen LogP contribution < -0.4 is 10.4 Å². The van der Waals surface area contributed by atoms with Gasteiger partial charge in [0.25, 0.3) is 0 Å². The standard InChI is InChI=1S/C41H50N4O6/c1-10-19(3)14-15-51-33(47)13-12-26-21(5)28-16-29-22(6)34(24(8)46)32(43-29)18-27-20(4)25(11-2)31(42-27)17-30-23(7)35-39(45-30)36(38(26)44-28)37(40(35)48)41(49)50-9/h14,16-18,20-21,25-26,37,43,45-46,48H,10-13,15H2,1-9H3/b19-14+,28-16?,31-17?,32-18?,34-24+/t20-,21+,25-,26+,37-/m1/s1. The Hall–Kier alpha value is -4.86. The zero-order chi connectivity index (χ0) is 36.9. The van der Waals surface area contributed by atoms with Crippen molar-refractivity contribution in [3.8, 4) is 0 Å². The Bertz CT molecular complexity index is 2240. The molecule has 0 unspecified atom stereocenters. The number of hydrogen-bond acceptors (Lipinski definition) is 8. The zero-order valence-electron chi connectivity index (χ0n) is 31.2. The Morgan fingerprint density at radius 2 is 1.57 bits per heavy atom. The highest BCUT2D eigenvalue weighted by atomic mass is 16.5. The second-order valence-corrected chi connectivity index (χ2v) is 14.3. The van der Waals surface area contributed by atoms with Crippen LogP contribution in [-0.2, 0) is 19.1 Å². The SMILES string of the molecule is CC/C(C)=C/COC(=O)CC[C@@H]1c2nc(cc3[nH]c(cc4nc(cc5[nH]c6c2[C@@H](C(=O)OC)C(O)=c6c5C)[C@H](CC)[C@H]4C)/c(=C(\C)O)c3C)[C@H]1C. The lowest BCUT2D eigenvalue weighted by molar-refractivity contribution is -0.143. The van der Waals surface area contributed by atoms with E-state index >= 15 is 0 Å². The summed E-state index contributed by atoms with van der Waals surface area (Å²) in [6.45, 7) is 16.3. The molecular formula is C41H50N4O6. The molecule has 3 aromatic rings. The number of fused-ring (bicyclic) bond motifs is 8. The Morgan fingerprint density at radius 3 is 2.24 bits per heavy atom. The highest BCUT2D eigenvalue weighted by Crippen LogP contribution is 2.46. The maximum absolute atomic E-state index is 13.5. The second-order valence-electron chi connectivity index (χ2n) is 14.3. The van der Waals surface area contributed by atoms with Crippen LogP contribution in [0, 0.1) is 13.8 Å². The largest absolute Gasteiger partial charge is 0.512 e. The van der Waals surface area contributed by atoms with Gasteiger partial charge >= 0.3 is 11.9 Å². The van der Waals surface area contributed by atoms with E-state index in [0.29, 0.717) is 28.4 Å². The third kappa shape index (κ3) is 6.23. The Balaban J connectivity index is 1.67. The number of nitrogens with one attached hydrogen (secondary N) is 2. The minimum absolute atomic E-state index is 0.0804. The monoisotopic (exact) mass is 694 g/mol. The molecule has 0 radical (unpaired) electrons. The zero-order valence-corrected chi connectivity index (χ0v) is 31.2. The molecule has 270 valence electrons. The second kappa shape index (κ2) is 14.0.